The Morgan fingerprint density at radius 2 is 1.72 bits per heavy atom. The summed E-state index contributed by atoms with van der Waals surface area (Å²) in [5.74, 6) is -4.12. The Bertz CT molecular complexity index is 508. The van der Waals surface area contributed by atoms with Crippen molar-refractivity contribution in [2.24, 2.45) is 0 Å². The Kier molecular flexibility index (Phi) is 4.75. The third-order valence-electron chi connectivity index (χ3n) is 2.25. The van der Waals surface area contributed by atoms with E-state index in [4.69, 9.17) is 0 Å². The molecular weight excluding hydrogens is 267 g/mol. The highest BCUT2D eigenvalue weighted by Crippen LogP contribution is 2.13. The number of benzene rings is 1. The molecule has 0 radical (unpaired) electrons. The first-order valence-electron chi connectivity index (χ1n) is 5.23. The van der Waals surface area contributed by atoms with Crippen LogP contribution in [0.1, 0.15) is 12.5 Å². The van der Waals surface area contributed by atoms with Crippen LogP contribution in [-0.4, -0.2) is 26.5 Å². The molecule has 0 aliphatic carbocycles. The highest BCUT2D eigenvalue weighted by atomic mass is 32.2. The molecule has 1 rings (SSSR count). The van der Waals surface area contributed by atoms with Crippen molar-refractivity contribution in [1.82, 2.24) is 5.32 Å². The van der Waals surface area contributed by atoms with Crippen molar-refractivity contribution in [1.29, 1.82) is 0 Å². The molecule has 0 amide bonds. The molecule has 0 aliphatic rings. The zero-order valence-corrected chi connectivity index (χ0v) is 10.8. The molecule has 1 unspecified atom stereocenters. The maximum atomic E-state index is 12.9. The second kappa shape index (κ2) is 5.71. The minimum Gasteiger partial charge on any atom is -0.309 e. The first-order valence-corrected chi connectivity index (χ1v) is 7.29. The van der Waals surface area contributed by atoms with Crippen LogP contribution in [0.5, 0.6) is 0 Å². The van der Waals surface area contributed by atoms with Crippen molar-refractivity contribution in [3.63, 3.8) is 0 Å². The molecule has 1 N–H and O–H groups in total. The molecular formula is C11H14F3NO2S. The smallest absolute Gasteiger partial charge is 0.194 e. The Labute approximate surface area is 104 Å². The number of halogens is 3. The van der Waals surface area contributed by atoms with Crippen molar-refractivity contribution < 1.29 is 21.6 Å². The van der Waals surface area contributed by atoms with Crippen molar-refractivity contribution >= 4 is 9.84 Å². The van der Waals surface area contributed by atoms with E-state index in [0.29, 0.717) is 0 Å². The summed E-state index contributed by atoms with van der Waals surface area (Å²) >= 11 is 0. The lowest BCUT2D eigenvalue weighted by atomic mass is 10.2. The van der Waals surface area contributed by atoms with E-state index in [1.807, 2.05) is 0 Å². The SMILES string of the molecule is CC(CS(C)(=O)=O)NCc1cc(F)c(F)c(F)c1. The summed E-state index contributed by atoms with van der Waals surface area (Å²) in [6, 6.07) is 1.38. The fraction of sp³-hybridized carbons (Fsp3) is 0.455. The standard InChI is InChI=1S/C11H14F3NO2S/c1-7(6-18(2,16)17)15-5-8-3-9(12)11(14)10(13)4-8/h3-4,7,15H,5-6H2,1-2H3. The Hall–Kier alpha value is -1.08. The molecule has 3 nitrogen and oxygen atoms in total. The molecule has 1 atom stereocenters. The van der Waals surface area contributed by atoms with E-state index in [0.717, 1.165) is 18.4 Å². The summed E-state index contributed by atoms with van der Waals surface area (Å²) in [5.41, 5.74) is 0.215. The molecule has 0 aliphatic heterocycles. The largest absolute Gasteiger partial charge is 0.309 e. The third-order valence-corrected chi connectivity index (χ3v) is 3.36. The molecule has 102 valence electrons. The van der Waals surface area contributed by atoms with E-state index in [9.17, 15) is 21.6 Å². The van der Waals surface area contributed by atoms with Gasteiger partial charge in [-0.3, -0.25) is 0 Å². The van der Waals surface area contributed by atoms with E-state index < -0.39 is 27.3 Å². The van der Waals surface area contributed by atoms with E-state index in [1.54, 1.807) is 6.92 Å². The second-order valence-corrected chi connectivity index (χ2v) is 6.43. The molecule has 0 saturated heterocycles. The summed E-state index contributed by atoms with van der Waals surface area (Å²) in [5, 5.41) is 2.79. The molecule has 0 saturated carbocycles. The van der Waals surface area contributed by atoms with Crippen LogP contribution in [0.4, 0.5) is 13.2 Å². The van der Waals surface area contributed by atoms with Gasteiger partial charge in [0.15, 0.2) is 17.5 Å². The number of nitrogens with one attached hydrogen (secondary N) is 1. The summed E-state index contributed by atoms with van der Waals surface area (Å²) in [7, 11) is -3.12. The van der Waals surface area contributed by atoms with Gasteiger partial charge >= 0.3 is 0 Å². The second-order valence-electron chi connectivity index (χ2n) is 4.25. The fourth-order valence-corrected chi connectivity index (χ4v) is 2.54. The number of sulfone groups is 1. The molecule has 0 fully saturated rings. The zero-order valence-electron chi connectivity index (χ0n) is 10.0. The van der Waals surface area contributed by atoms with Gasteiger partial charge in [0.1, 0.15) is 9.84 Å². The number of hydrogen-bond acceptors (Lipinski definition) is 3. The molecule has 1 aromatic rings. The summed E-state index contributed by atoms with van der Waals surface area (Å²) in [4.78, 5) is 0. The molecule has 0 spiro atoms. The van der Waals surface area contributed by atoms with Gasteiger partial charge < -0.3 is 5.32 Å². The zero-order chi connectivity index (χ0) is 13.9. The number of rotatable bonds is 5. The van der Waals surface area contributed by atoms with Crippen LogP contribution < -0.4 is 5.32 Å². The summed E-state index contributed by atoms with van der Waals surface area (Å²) in [6.45, 7) is 1.70. The van der Waals surface area contributed by atoms with Gasteiger partial charge in [0.2, 0.25) is 0 Å². The maximum Gasteiger partial charge on any atom is 0.194 e. The van der Waals surface area contributed by atoms with Gasteiger partial charge in [-0.25, -0.2) is 21.6 Å². The molecule has 0 bridgehead atoms. The van der Waals surface area contributed by atoms with Crippen LogP contribution in [0.25, 0.3) is 0 Å². The van der Waals surface area contributed by atoms with Crippen LogP contribution in [0, 0.1) is 17.5 Å². The van der Waals surface area contributed by atoms with Crippen molar-refractivity contribution in [2.45, 2.75) is 19.5 Å². The molecule has 1 aromatic carbocycles. The molecule has 0 heterocycles. The van der Waals surface area contributed by atoms with Gasteiger partial charge in [-0.1, -0.05) is 0 Å². The fourth-order valence-electron chi connectivity index (χ4n) is 1.52. The predicted octanol–water partition coefficient (Wildman–Crippen LogP) is 1.63. The first kappa shape index (κ1) is 15.0. The third kappa shape index (κ3) is 4.66. The van der Waals surface area contributed by atoms with Crippen molar-refractivity contribution in [3.05, 3.63) is 35.1 Å². The molecule has 0 aromatic heterocycles. The van der Waals surface area contributed by atoms with E-state index in [-0.39, 0.29) is 23.9 Å². The van der Waals surface area contributed by atoms with Crippen molar-refractivity contribution in [3.8, 4) is 0 Å². The quantitative estimate of drug-likeness (QED) is 0.834. The van der Waals surface area contributed by atoms with Gasteiger partial charge in [0, 0.05) is 18.8 Å². The van der Waals surface area contributed by atoms with Crippen LogP contribution in [0.3, 0.4) is 0 Å². The van der Waals surface area contributed by atoms with Gasteiger partial charge in [0.05, 0.1) is 5.75 Å². The van der Waals surface area contributed by atoms with E-state index in [1.165, 1.54) is 0 Å². The first-order chi connectivity index (χ1) is 8.19. The molecule has 18 heavy (non-hydrogen) atoms. The van der Waals surface area contributed by atoms with Gasteiger partial charge in [-0.2, -0.15) is 0 Å². The van der Waals surface area contributed by atoms with Crippen LogP contribution >= 0.6 is 0 Å². The van der Waals surface area contributed by atoms with Crippen molar-refractivity contribution in [2.75, 3.05) is 12.0 Å². The highest BCUT2D eigenvalue weighted by molar-refractivity contribution is 7.90. The van der Waals surface area contributed by atoms with Gasteiger partial charge in [-0.15, -0.1) is 0 Å². The van der Waals surface area contributed by atoms with Gasteiger partial charge in [0.25, 0.3) is 0 Å². The van der Waals surface area contributed by atoms with Gasteiger partial charge in [-0.05, 0) is 24.6 Å². The lowest BCUT2D eigenvalue weighted by molar-refractivity contribution is 0.443. The summed E-state index contributed by atoms with van der Waals surface area (Å²) in [6.07, 6.45) is 1.10. The normalized spacial score (nSPS) is 13.6. The Morgan fingerprint density at radius 1 is 1.22 bits per heavy atom. The Balaban J connectivity index is 2.64. The van der Waals surface area contributed by atoms with E-state index in [2.05, 4.69) is 5.32 Å². The lowest BCUT2D eigenvalue weighted by Gasteiger charge is -2.12. The average Bonchev–Trinajstić information content (AvgIpc) is 2.20. The van der Waals surface area contributed by atoms with E-state index >= 15 is 0 Å². The van der Waals surface area contributed by atoms with Crippen LogP contribution in [0.2, 0.25) is 0 Å². The van der Waals surface area contributed by atoms with Crippen LogP contribution in [-0.2, 0) is 16.4 Å². The maximum absolute atomic E-state index is 12.9. The average molecular weight is 281 g/mol. The predicted molar refractivity (Wildman–Crippen MR) is 62.3 cm³/mol. The minimum atomic E-state index is -3.12. The summed E-state index contributed by atoms with van der Waals surface area (Å²) < 4.78 is 60.5. The monoisotopic (exact) mass is 281 g/mol. The number of hydrogen-bond donors (Lipinski definition) is 1. The lowest BCUT2D eigenvalue weighted by Crippen LogP contribution is -2.32. The molecule has 7 heteroatoms. The minimum absolute atomic E-state index is 0.0603. The Morgan fingerprint density at radius 3 is 2.17 bits per heavy atom. The van der Waals surface area contributed by atoms with Crippen LogP contribution in [0.15, 0.2) is 12.1 Å². The topological polar surface area (TPSA) is 46.2 Å². The highest BCUT2D eigenvalue weighted by Gasteiger charge is 2.13.